The third-order valence-electron chi connectivity index (χ3n) is 14.2. The van der Waals surface area contributed by atoms with Gasteiger partial charge < -0.3 is 14.2 Å². The number of furan rings is 1. The Morgan fingerprint density at radius 3 is 1.26 bits per heavy atom. The van der Waals surface area contributed by atoms with Gasteiger partial charge in [-0.25, -0.2) is 0 Å². The maximum Gasteiger partial charge on any atom is 0.143 e. The van der Waals surface area contributed by atoms with E-state index in [-0.39, 0.29) is 0 Å². The van der Waals surface area contributed by atoms with Crippen LogP contribution in [0.2, 0.25) is 0 Å². The summed E-state index contributed by atoms with van der Waals surface area (Å²) >= 11 is 0. The first-order chi connectivity index (χ1) is 32.8. The smallest absolute Gasteiger partial charge is 0.143 e. The SMILES string of the molecule is c1ccc(N(c2ccccc2)c2cc3c(c4ccccc24)-c2c(cc(N(c4ccccc4)c4ccccc4)c4ccc5c6ccccc6oc5c24)C32c3ccccc3-c3ccccc32)cc1. The molecule has 0 saturated heterocycles. The lowest BCUT2D eigenvalue weighted by Crippen LogP contribution is -2.26. The van der Waals surface area contributed by atoms with Crippen molar-refractivity contribution in [2.45, 2.75) is 5.41 Å². The first kappa shape index (κ1) is 36.8. The Kier molecular flexibility index (Phi) is 7.90. The van der Waals surface area contributed by atoms with Crippen molar-refractivity contribution in [2.75, 3.05) is 9.80 Å². The molecule has 2 aliphatic rings. The van der Waals surface area contributed by atoms with Gasteiger partial charge in [-0.3, -0.25) is 0 Å². The first-order valence-electron chi connectivity index (χ1n) is 22.8. The molecule has 308 valence electrons. The van der Waals surface area contributed by atoms with Crippen LogP contribution in [0.15, 0.2) is 247 Å². The molecule has 0 saturated carbocycles. The predicted molar refractivity (Wildman–Crippen MR) is 274 cm³/mol. The van der Waals surface area contributed by atoms with E-state index in [2.05, 4.69) is 252 Å². The van der Waals surface area contributed by atoms with Gasteiger partial charge in [0.1, 0.15) is 11.2 Å². The standard InChI is InChI=1S/C63H40N2O/c1-5-21-41(22-6-1)64(42-23-7-2-8-24-42)56-39-54-59(49-33-14-13-31-47(49)56)61-55(63(54)52-34-18-15-29-45(52)46-30-16-19-35-53(46)63)40-57(65(43-25-9-3-10-26-43)44-27-11-4-12-28-44)51-38-37-50-48-32-17-20-36-58(48)66-62(50)60(51)61/h1-40H. The Morgan fingerprint density at radius 1 is 0.303 bits per heavy atom. The zero-order chi connectivity index (χ0) is 43.3. The van der Waals surface area contributed by atoms with Crippen LogP contribution in [0.5, 0.6) is 0 Å². The molecule has 0 atom stereocenters. The number of anilines is 6. The maximum atomic E-state index is 7.21. The summed E-state index contributed by atoms with van der Waals surface area (Å²) in [6.45, 7) is 0. The molecule has 14 rings (SSSR count). The molecule has 2 aliphatic carbocycles. The molecule has 0 aliphatic heterocycles. The summed E-state index contributed by atoms with van der Waals surface area (Å²) in [6.07, 6.45) is 0. The monoisotopic (exact) mass is 840 g/mol. The molecule has 0 radical (unpaired) electrons. The highest BCUT2D eigenvalue weighted by molar-refractivity contribution is 6.26. The minimum atomic E-state index is -0.703. The summed E-state index contributed by atoms with van der Waals surface area (Å²) in [5, 5.41) is 6.84. The predicted octanol–water partition coefficient (Wildman–Crippen LogP) is 17.2. The molecule has 1 spiro atoms. The van der Waals surface area contributed by atoms with E-state index in [4.69, 9.17) is 4.42 Å². The fourth-order valence-corrected chi connectivity index (χ4v) is 11.6. The summed E-state index contributed by atoms with van der Waals surface area (Å²) in [7, 11) is 0. The van der Waals surface area contributed by atoms with Crippen molar-refractivity contribution >= 4 is 77.6 Å². The molecule has 0 unspecified atom stereocenters. The number of rotatable bonds is 6. The summed E-state index contributed by atoms with van der Waals surface area (Å²) in [4.78, 5) is 4.89. The molecular formula is C63H40N2O. The third kappa shape index (κ3) is 5.02. The second-order valence-corrected chi connectivity index (χ2v) is 17.5. The molecule has 1 heterocycles. The van der Waals surface area contributed by atoms with Gasteiger partial charge in [0.2, 0.25) is 0 Å². The number of fused-ring (bicyclic) bond motifs is 18. The quantitative estimate of drug-likeness (QED) is 0.166. The fourth-order valence-electron chi connectivity index (χ4n) is 11.6. The van der Waals surface area contributed by atoms with Crippen molar-refractivity contribution in [2.24, 2.45) is 0 Å². The van der Waals surface area contributed by atoms with Crippen LogP contribution in [0.3, 0.4) is 0 Å². The molecule has 3 nitrogen and oxygen atoms in total. The van der Waals surface area contributed by atoms with Crippen LogP contribution in [0.4, 0.5) is 34.1 Å². The normalized spacial score (nSPS) is 13.0. The van der Waals surface area contributed by atoms with E-state index in [1.54, 1.807) is 0 Å². The number of para-hydroxylation sites is 5. The highest BCUT2D eigenvalue weighted by atomic mass is 16.3. The molecule has 3 heteroatoms. The summed E-state index contributed by atoms with van der Waals surface area (Å²) in [5.74, 6) is 0. The van der Waals surface area contributed by atoms with Gasteiger partial charge in [0.15, 0.2) is 0 Å². The van der Waals surface area contributed by atoms with E-state index in [1.807, 2.05) is 0 Å². The van der Waals surface area contributed by atoms with E-state index in [9.17, 15) is 0 Å². The molecule has 0 amide bonds. The van der Waals surface area contributed by atoms with Crippen molar-refractivity contribution < 1.29 is 4.42 Å². The molecular weight excluding hydrogens is 801 g/mol. The number of benzene rings is 11. The Balaban J connectivity index is 1.23. The molecule has 0 bridgehead atoms. The van der Waals surface area contributed by atoms with Gasteiger partial charge in [0, 0.05) is 49.7 Å². The van der Waals surface area contributed by atoms with Crippen molar-refractivity contribution in [3.05, 3.63) is 265 Å². The highest BCUT2D eigenvalue weighted by Gasteiger charge is 2.53. The minimum absolute atomic E-state index is 0.703. The fraction of sp³-hybridized carbons (Fsp3) is 0.0159. The summed E-state index contributed by atoms with van der Waals surface area (Å²) < 4.78 is 7.21. The highest BCUT2D eigenvalue weighted by Crippen LogP contribution is 2.67. The maximum absolute atomic E-state index is 7.21. The Hall–Kier alpha value is -8.66. The van der Waals surface area contributed by atoms with Gasteiger partial charge in [0.05, 0.1) is 16.8 Å². The van der Waals surface area contributed by atoms with E-state index in [0.29, 0.717) is 0 Å². The van der Waals surface area contributed by atoms with Crippen LogP contribution < -0.4 is 9.80 Å². The van der Waals surface area contributed by atoms with Crippen molar-refractivity contribution in [3.63, 3.8) is 0 Å². The number of nitrogens with zero attached hydrogens (tertiary/aromatic N) is 2. The zero-order valence-electron chi connectivity index (χ0n) is 35.9. The zero-order valence-corrected chi connectivity index (χ0v) is 35.9. The van der Waals surface area contributed by atoms with Crippen molar-refractivity contribution in [1.82, 2.24) is 0 Å². The van der Waals surface area contributed by atoms with Crippen LogP contribution in [0, 0.1) is 0 Å². The molecule has 11 aromatic carbocycles. The molecule has 66 heavy (non-hydrogen) atoms. The molecule has 1 aromatic heterocycles. The minimum Gasteiger partial charge on any atom is -0.455 e. The molecule has 12 aromatic rings. The van der Waals surface area contributed by atoms with Crippen LogP contribution in [-0.2, 0) is 5.41 Å². The van der Waals surface area contributed by atoms with Gasteiger partial charge in [-0.2, -0.15) is 0 Å². The van der Waals surface area contributed by atoms with Crippen molar-refractivity contribution in [3.8, 4) is 22.3 Å². The Labute approximate surface area is 382 Å². The first-order valence-corrected chi connectivity index (χ1v) is 22.8. The Morgan fingerprint density at radius 2 is 0.712 bits per heavy atom. The van der Waals surface area contributed by atoms with E-state index in [1.165, 1.54) is 55.3 Å². The average molecular weight is 841 g/mol. The van der Waals surface area contributed by atoms with Gasteiger partial charge in [0.25, 0.3) is 0 Å². The van der Waals surface area contributed by atoms with E-state index >= 15 is 0 Å². The molecule has 0 fully saturated rings. The third-order valence-corrected chi connectivity index (χ3v) is 14.2. The van der Waals surface area contributed by atoms with Crippen LogP contribution in [-0.4, -0.2) is 0 Å². The second kappa shape index (κ2) is 14.2. The van der Waals surface area contributed by atoms with Gasteiger partial charge in [-0.05, 0) is 123 Å². The largest absolute Gasteiger partial charge is 0.455 e. The van der Waals surface area contributed by atoms with Gasteiger partial charge in [-0.15, -0.1) is 0 Å². The lowest BCUT2D eigenvalue weighted by Gasteiger charge is -2.34. The lowest BCUT2D eigenvalue weighted by atomic mass is 9.70. The van der Waals surface area contributed by atoms with Crippen LogP contribution >= 0.6 is 0 Å². The van der Waals surface area contributed by atoms with Gasteiger partial charge >= 0.3 is 0 Å². The van der Waals surface area contributed by atoms with Crippen molar-refractivity contribution in [1.29, 1.82) is 0 Å². The van der Waals surface area contributed by atoms with Crippen LogP contribution in [0.1, 0.15) is 22.3 Å². The van der Waals surface area contributed by atoms with Gasteiger partial charge in [-0.1, -0.05) is 170 Å². The van der Waals surface area contributed by atoms with Crippen LogP contribution in [0.25, 0.3) is 65.7 Å². The second-order valence-electron chi connectivity index (χ2n) is 17.5. The number of hydrogen-bond acceptors (Lipinski definition) is 3. The van der Waals surface area contributed by atoms with E-state index in [0.717, 1.165) is 66.8 Å². The summed E-state index contributed by atoms with van der Waals surface area (Å²) in [6, 6.07) is 88.8. The summed E-state index contributed by atoms with van der Waals surface area (Å²) in [5.41, 5.74) is 17.7. The lowest BCUT2D eigenvalue weighted by molar-refractivity contribution is 0.672. The average Bonchev–Trinajstić information content (AvgIpc) is 4.02. The Bertz CT molecular complexity index is 3750. The number of hydrogen-bond donors (Lipinski definition) is 0. The van der Waals surface area contributed by atoms with E-state index < -0.39 is 5.41 Å². The molecule has 0 N–H and O–H groups in total. The topological polar surface area (TPSA) is 19.6 Å².